The Morgan fingerprint density at radius 1 is 1.22 bits per heavy atom. The van der Waals surface area contributed by atoms with Crippen LogP contribution in [0.25, 0.3) is 0 Å². The maximum atomic E-state index is 12.4. The molecule has 0 amide bonds. The Labute approximate surface area is 170 Å². The van der Waals surface area contributed by atoms with Crippen molar-refractivity contribution in [2.24, 2.45) is 34.5 Å². The lowest BCUT2D eigenvalue weighted by molar-refractivity contribution is -0.111. The summed E-state index contributed by atoms with van der Waals surface area (Å²) in [7, 11) is -1.22. The molecule has 148 valence electrons. The van der Waals surface area contributed by atoms with Gasteiger partial charge >= 0.3 is 0 Å². The van der Waals surface area contributed by atoms with Crippen molar-refractivity contribution in [2.45, 2.75) is 46.0 Å². The summed E-state index contributed by atoms with van der Waals surface area (Å²) in [5.74, 6) is 3.93. The van der Waals surface area contributed by atoms with Crippen LogP contribution in [0.15, 0.2) is 34.8 Å². The van der Waals surface area contributed by atoms with Crippen molar-refractivity contribution < 1.29 is 9.00 Å². The number of ketones is 1. The molecule has 4 rings (SSSR count). The molecule has 0 spiro atoms. The van der Waals surface area contributed by atoms with Crippen molar-refractivity contribution in [3.05, 3.63) is 34.8 Å². The molecule has 4 heteroatoms. The highest BCUT2D eigenvalue weighted by Crippen LogP contribution is 2.65. The van der Waals surface area contributed by atoms with Crippen LogP contribution in [0.4, 0.5) is 0 Å². The molecule has 4 aliphatic carbocycles. The third kappa shape index (κ3) is 2.97. The zero-order chi connectivity index (χ0) is 19.4. The summed E-state index contributed by atoms with van der Waals surface area (Å²) in [5.41, 5.74) is 1.44. The Kier molecular flexibility index (Phi) is 5.12. The summed E-state index contributed by atoms with van der Waals surface area (Å²) in [6.45, 7) is 4.84. The molecule has 0 N–H and O–H groups in total. The van der Waals surface area contributed by atoms with Gasteiger partial charge < -0.3 is 0 Å². The Morgan fingerprint density at radius 3 is 2.70 bits per heavy atom. The van der Waals surface area contributed by atoms with E-state index in [4.69, 9.17) is 0 Å². The zero-order valence-corrected chi connectivity index (χ0v) is 18.6. The highest BCUT2D eigenvalue weighted by molar-refractivity contribution is 7.98. The van der Waals surface area contributed by atoms with Crippen molar-refractivity contribution in [2.75, 3.05) is 18.3 Å². The van der Waals surface area contributed by atoms with E-state index in [0.717, 1.165) is 17.4 Å². The van der Waals surface area contributed by atoms with E-state index in [1.807, 2.05) is 11.8 Å². The molecule has 0 aromatic carbocycles. The number of rotatable bonds is 4. The monoisotopic (exact) mass is 404 g/mol. The fourth-order valence-corrected chi connectivity index (χ4v) is 8.06. The maximum Gasteiger partial charge on any atom is 0.194 e. The van der Waals surface area contributed by atoms with E-state index in [1.54, 1.807) is 12.3 Å². The van der Waals surface area contributed by atoms with Gasteiger partial charge in [-0.15, -0.1) is 0 Å². The molecule has 0 aliphatic heterocycles. The van der Waals surface area contributed by atoms with Crippen LogP contribution in [-0.2, 0) is 15.6 Å². The standard InChI is InChI=1S/C23H32O2S2/c1-22-11-9-19-17(18(22)8-6-15(22)10-12-26-3)7-5-16-13-20(24)21(27(4)25)14-23(16,19)2/h5,7,13-15,17-19H,6,8-12H2,1-4H3/t15-,17+,18+,19+,22-,23+,27?/m1/s1. The molecule has 2 saturated carbocycles. The first kappa shape index (κ1) is 19.7. The van der Waals surface area contributed by atoms with Gasteiger partial charge in [-0.25, -0.2) is 0 Å². The first-order valence-corrected chi connectivity index (χ1v) is 13.3. The lowest BCUT2D eigenvalue weighted by Crippen LogP contribution is -2.48. The number of allylic oxidation sites excluding steroid dienone is 6. The molecule has 2 fully saturated rings. The van der Waals surface area contributed by atoms with E-state index < -0.39 is 10.8 Å². The number of fused-ring (bicyclic) bond motifs is 5. The third-order valence-corrected chi connectivity index (χ3v) is 9.94. The predicted molar refractivity (Wildman–Crippen MR) is 116 cm³/mol. The van der Waals surface area contributed by atoms with E-state index >= 15 is 0 Å². The normalized spacial score (nSPS) is 44.1. The van der Waals surface area contributed by atoms with Crippen LogP contribution >= 0.6 is 11.8 Å². The number of thioether (sulfide) groups is 1. The molecule has 1 unspecified atom stereocenters. The fourth-order valence-electron chi connectivity index (χ4n) is 6.79. The first-order chi connectivity index (χ1) is 12.8. The molecular formula is C23H32O2S2. The smallest absolute Gasteiger partial charge is 0.194 e. The minimum atomic E-state index is -1.22. The molecule has 0 radical (unpaired) electrons. The van der Waals surface area contributed by atoms with E-state index in [-0.39, 0.29) is 11.2 Å². The van der Waals surface area contributed by atoms with Crippen molar-refractivity contribution in [3.63, 3.8) is 0 Å². The quantitative estimate of drug-likeness (QED) is 0.650. The van der Waals surface area contributed by atoms with Crippen LogP contribution in [0, 0.1) is 34.5 Å². The van der Waals surface area contributed by atoms with Crippen LogP contribution in [0.3, 0.4) is 0 Å². The predicted octanol–water partition coefficient (Wildman–Crippen LogP) is 5.15. The molecular weight excluding hydrogens is 372 g/mol. The highest BCUT2D eigenvalue weighted by Gasteiger charge is 2.57. The van der Waals surface area contributed by atoms with Crippen LogP contribution in [-0.4, -0.2) is 28.3 Å². The lowest BCUT2D eigenvalue weighted by atomic mass is 9.49. The Hall–Kier alpha value is -0.610. The molecule has 4 aliphatic rings. The summed E-state index contributed by atoms with van der Waals surface area (Å²) >= 11 is 1.98. The Balaban J connectivity index is 1.68. The fraction of sp³-hybridized carbons (Fsp3) is 0.696. The summed E-state index contributed by atoms with van der Waals surface area (Å²) in [5, 5.41) is 0. The second kappa shape index (κ2) is 7.02. The van der Waals surface area contributed by atoms with Crippen LogP contribution < -0.4 is 0 Å². The molecule has 27 heavy (non-hydrogen) atoms. The van der Waals surface area contributed by atoms with Gasteiger partial charge in [0, 0.05) is 11.7 Å². The minimum absolute atomic E-state index is 0.0648. The summed E-state index contributed by atoms with van der Waals surface area (Å²) in [4.78, 5) is 12.9. The van der Waals surface area contributed by atoms with E-state index in [0.29, 0.717) is 22.2 Å². The molecule has 7 atom stereocenters. The average molecular weight is 405 g/mol. The molecule has 0 aromatic heterocycles. The first-order valence-electron chi connectivity index (χ1n) is 10.3. The minimum Gasteiger partial charge on any atom is -0.289 e. The summed E-state index contributed by atoms with van der Waals surface area (Å²) in [6.07, 6.45) is 18.9. The molecule has 0 heterocycles. The SMILES string of the molecule is CSCC[C@H]1CC[C@H]2[C@@H]3C=CC4=CC(=O)C(S(C)=O)=C[C@]4(C)[C@H]3CC[C@]12C. The molecule has 0 saturated heterocycles. The maximum absolute atomic E-state index is 12.4. The molecule has 0 aromatic rings. The van der Waals surface area contributed by atoms with Gasteiger partial charge in [-0.3, -0.25) is 9.00 Å². The van der Waals surface area contributed by atoms with Gasteiger partial charge in [-0.2, -0.15) is 11.8 Å². The van der Waals surface area contributed by atoms with Crippen molar-refractivity contribution in [3.8, 4) is 0 Å². The summed E-state index contributed by atoms with van der Waals surface area (Å²) in [6, 6.07) is 0. The van der Waals surface area contributed by atoms with Gasteiger partial charge in [0.2, 0.25) is 0 Å². The second-order valence-corrected chi connectivity index (χ2v) is 11.8. The number of hydrogen-bond donors (Lipinski definition) is 0. The largest absolute Gasteiger partial charge is 0.289 e. The number of carbonyl (C=O) groups excluding carboxylic acids is 1. The van der Waals surface area contributed by atoms with Gasteiger partial charge in [-0.05, 0) is 84.8 Å². The van der Waals surface area contributed by atoms with E-state index in [1.165, 1.54) is 37.9 Å². The summed E-state index contributed by atoms with van der Waals surface area (Å²) < 4.78 is 12.1. The van der Waals surface area contributed by atoms with Gasteiger partial charge in [0.15, 0.2) is 5.78 Å². The third-order valence-electron chi connectivity index (χ3n) is 8.36. The van der Waals surface area contributed by atoms with Gasteiger partial charge in [0.05, 0.1) is 15.7 Å². The van der Waals surface area contributed by atoms with Gasteiger partial charge in [0.1, 0.15) is 0 Å². The van der Waals surface area contributed by atoms with Crippen molar-refractivity contribution in [1.29, 1.82) is 0 Å². The highest BCUT2D eigenvalue weighted by atomic mass is 32.2. The zero-order valence-electron chi connectivity index (χ0n) is 17.0. The second-order valence-electron chi connectivity index (χ2n) is 9.46. The van der Waals surface area contributed by atoms with Crippen LogP contribution in [0.2, 0.25) is 0 Å². The Bertz CT molecular complexity index is 764. The van der Waals surface area contributed by atoms with E-state index in [9.17, 15) is 9.00 Å². The average Bonchev–Trinajstić information content (AvgIpc) is 2.96. The van der Waals surface area contributed by atoms with Gasteiger partial charge in [-0.1, -0.05) is 32.1 Å². The number of carbonyl (C=O) groups is 1. The van der Waals surface area contributed by atoms with Gasteiger partial charge in [0.25, 0.3) is 0 Å². The van der Waals surface area contributed by atoms with E-state index in [2.05, 4.69) is 38.3 Å². The Morgan fingerprint density at radius 2 is 2.00 bits per heavy atom. The van der Waals surface area contributed by atoms with Crippen molar-refractivity contribution in [1.82, 2.24) is 0 Å². The van der Waals surface area contributed by atoms with Crippen LogP contribution in [0.5, 0.6) is 0 Å². The van der Waals surface area contributed by atoms with Crippen LogP contribution in [0.1, 0.15) is 46.0 Å². The lowest BCUT2D eigenvalue weighted by Gasteiger charge is -2.55. The number of hydrogen-bond acceptors (Lipinski definition) is 3. The van der Waals surface area contributed by atoms with Crippen molar-refractivity contribution >= 4 is 28.3 Å². The topological polar surface area (TPSA) is 34.1 Å². The molecule has 0 bridgehead atoms. The molecule has 2 nitrogen and oxygen atoms in total.